The van der Waals surface area contributed by atoms with Crippen LogP contribution in [0, 0.1) is 40.8 Å². The second-order valence-corrected chi connectivity index (χ2v) is 20.2. The van der Waals surface area contributed by atoms with E-state index in [1.165, 1.54) is 59.0 Å². The number of hydrogen-bond acceptors (Lipinski definition) is 12. The maximum Gasteiger partial charge on any atom is 0.309 e. The first-order valence-electron chi connectivity index (χ1n) is 15.8. The fraction of sp³-hybridized carbons (Fsp3) is 0.400. The van der Waals surface area contributed by atoms with E-state index >= 15 is 0 Å². The van der Waals surface area contributed by atoms with Crippen molar-refractivity contribution in [3.05, 3.63) is 45.7 Å². The molecule has 4 atom stereocenters. The third-order valence-corrected chi connectivity index (χ3v) is 11.3. The predicted octanol–water partition coefficient (Wildman–Crippen LogP) is 7.18. The summed E-state index contributed by atoms with van der Waals surface area (Å²) in [5.41, 5.74) is 6.46. The monoisotopic (exact) mass is 777 g/mol. The average Bonchev–Trinajstić information content (AvgIpc) is 4.00. The van der Waals surface area contributed by atoms with Crippen molar-refractivity contribution in [3.63, 3.8) is 0 Å². The maximum absolute atomic E-state index is 14.5. The summed E-state index contributed by atoms with van der Waals surface area (Å²) in [5.74, 6) is -2.49. The quantitative estimate of drug-likeness (QED) is 0.0397. The molecule has 0 spiro atoms. The number of carbonyl (C=O) groups is 4. The minimum absolute atomic E-state index is 0.00987. The molecule has 6 rings (SSSR count). The number of aliphatic carboxylic acids is 1. The van der Waals surface area contributed by atoms with Gasteiger partial charge in [0.05, 0.1) is 62.7 Å². The molecule has 0 saturated heterocycles. The van der Waals surface area contributed by atoms with Crippen molar-refractivity contribution in [1.29, 1.82) is 5.53 Å². The summed E-state index contributed by atoms with van der Waals surface area (Å²) in [6.45, 7) is 6.43. The number of Topliss-reactive ketones (excluding diaryl/α,β-unsaturated/α-hetero) is 2. The molecule has 0 amide bonds. The number of ketones is 2. The molecule has 0 aliphatic heterocycles. The zero-order valence-electron chi connectivity index (χ0n) is 29.8. The first-order chi connectivity index (χ1) is 24.5. The first kappa shape index (κ1) is 40.1. The van der Waals surface area contributed by atoms with E-state index in [2.05, 4.69) is 29.2 Å². The lowest BCUT2D eigenvalue weighted by atomic mass is 10.1. The Labute approximate surface area is 306 Å². The van der Waals surface area contributed by atoms with E-state index in [-0.39, 0.29) is 57.8 Å². The van der Waals surface area contributed by atoms with E-state index < -0.39 is 37.5 Å². The second-order valence-electron chi connectivity index (χ2n) is 13.0. The molecule has 0 bridgehead atoms. The zero-order chi connectivity index (χ0) is 38.7. The molecule has 2 aromatic carbocycles. The molecule has 2 heterocycles. The van der Waals surface area contributed by atoms with Crippen LogP contribution in [0.15, 0.2) is 24.3 Å². The smallest absolute Gasteiger partial charge is 0.309 e. The number of fused-ring (bicyclic) bond motifs is 2. The minimum atomic E-state index is -1.14. The van der Waals surface area contributed by atoms with Gasteiger partial charge < -0.3 is 28.8 Å². The van der Waals surface area contributed by atoms with Crippen LogP contribution in [-0.4, -0.2) is 82.9 Å². The molecule has 0 radical (unpaired) electrons. The normalized spacial score (nSPS) is 18.4. The van der Waals surface area contributed by atoms with Crippen molar-refractivity contribution in [3.8, 4) is 23.0 Å². The molecule has 17 heteroatoms. The number of hydrogen-bond donors (Lipinski definition) is 2. The molecule has 2 aromatic heterocycles. The number of esters is 1. The Morgan fingerprint density at radius 1 is 0.750 bits per heavy atom. The number of carboxylic acid groups (broad SMARTS) is 1. The molecule has 2 N–H and O–H groups in total. The van der Waals surface area contributed by atoms with Gasteiger partial charge in [0.1, 0.15) is 0 Å². The number of carbonyl (C=O) groups excluding carboxylic acids is 3. The van der Waals surface area contributed by atoms with Gasteiger partial charge in [0.15, 0.2) is 54.3 Å². The van der Waals surface area contributed by atoms with Gasteiger partial charge in [-0.1, -0.05) is 19.6 Å². The number of nitrogens with zero attached hydrogens (tertiary/aromatic N) is 1. The van der Waals surface area contributed by atoms with Crippen molar-refractivity contribution in [2.45, 2.75) is 32.5 Å². The first-order valence-corrected chi connectivity index (χ1v) is 21.0. The van der Waals surface area contributed by atoms with E-state index in [4.69, 9.17) is 29.6 Å². The highest BCUT2D eigenvalue weighted by molar-refractivity contribution is 7.21. The summed E-state index contributed by atoms with van der Waals surface area (Å²) < 4.78 is 54.9. The summed E-state index contributed by atoms with van der Waals surface area (Å²) in [6, 6.07) is 6.22. The SMILES string of the molecule is COC(=O)C1CC1C(=O)c1cc2c(F)c(OC)c(OC)cc2s1.COc1cc2sc(C(=O)C3CC3C(=O)O)cc2c(F)c1OC.C[Si](C)(C)C=[N+]=N. The van der Waals surface area contributed by atoms with Gasteiger partial charge in [-0.15, -0.1) is 22.7 Å². The number of methoxy groups -OCH3 is 5. The Balaban J connectivity index is 0.000000197. The van der Waals surface area contributed by atoms with Crippen molar-refractivity contribution in [2.75, 3.05) is 35.5 Å². The highest BCUT2D eigenvalue weighted by atomic mass is 32.1. The van der Waals surface area contributed by atoms with Gasteiger partial charge in [0.2, 0.25) is 0 Å². The van der Waals surface area contributed by atoms with Crippen LogP contribution >= 0.6 is 22.7 Å². The van der Waals surface area contributed by atoms with Crippen molar-refractivity contribution in [2.24, 2.45) is 23.7 Å². The molecule has 2 aliphatic carbocycles. The number of benzene rings is 2. The Hall–Kier alpha value is -4.70. The van der Waals surface area contributed by atoms with Gasteiger partial charge in [-0.25, -0.2) is 8.78 Å². The van der Waals surface area contributed by atoms with Crippen LogP contribution < -0.4 is 18.9 Å². The molecule has 4 unspecified atom stereocenters. The molecule has 2 fully saturated rings. The van der Waals surface area contributed by atoms with Crippen LogP contribution in [0.1, 0.15) is 32.2 Å². The Morgan fingerprint density at radius 2 is 1.17 bits per heavy atom. The number of nitrogens with one attached hydrogen (secondary N) is 1. The van der Waals surface area contributed by atoms with Gasteiger partial charge >= 0.3 is 11.9 Å². The van der Waals surface area contributed by atoms with Gasteiger partial charge in [0.25, 0.3) is 5.84 Å². The topological polar surface area (TPSA) is 173 Å². The summed E-state index contributed by atoms with van der Waals surface area (Å²) in [6.07, 6.45) is 0.826. The molecule has 12 nitrogen and oxygen atoms in total. The molecule has 52 heavy (non-hydrogen) atoms. The van der Waals surface area contributed by atoms with Crippen LogP contribution in [0.2, 0.25) is 19.6 Å². The summed E-state index contributed by atoms with van der Waals surface area (Å²) in [4.78, 5) is 51.0. The van der Waals surface area contributed by atoms with Gasteiger partial charge in [0, 0.05) is 48.9 Å². The highest BCUT2D eigenvalue weighted by Crippen LogP contribution is 2.46. The number of rotatable bonds is 11. The van der Waals surface area contributed by atoms with E-state index in [1.807, 2.05) is 0 Å². The molecule has 278 valence electrons. The van der Waals surface area contributed by atoms with Crippen molar-refractivity contribution < 1.29 is 61.5 Å². The number of halogens is 2. The highest BCUT2D eigenvalue weighted by Gasteiger charge is 2.50. The second kappa shape index (κ2) is 16.3. The van der Waals surface area contributed by atoms with Crippen molar-refractivity contribution >= 4 is 80.3 Å². The van der Waals surface area contributed by atoms with Crippen LogP contribution in [0.3, 0.4) is 0 Å². The number of ether oxygens (including phenoxy) is 5. The largest absolute Gasteiger partial charge is 0.493 e. The third-order valence-electron chi connectivity index (χ3n) is 8.23. The van der Waals surface area contributed by atoms with Gasteiger partial charge in [-0.3, -0.25) is 19.2 Å². The fourth-order valence-electron chi connectivity index (χ4n) is 5.34. The summed E-state index contributed by atoms with van der Waals surface area (Å²) >= 11 is 2.31. The van der Waals surface area contributed by atoms with Crippen molar-refractivity contribution in [1.82, 2.24) is 0 Å². The van der Waals surface area contributed by atoms with Crippen LogP contribution in [-0.2, 0) is 14.3 Å². The third kappa shape index (κ3) is 8.66. The van der Waals surface area contributed by atoms with E-state index in [0.29, 0.717) is 37.4 Å². The van der Waals surface area contributed by atoms with E-state index in [1.54, 1.807) is 18.0 Å². The Kier molecular flexibility index (Phi) is 12.6. The number of carboxylic acids is 1. The molecule has 4 aromatic rings. The van der Waals surface area contributed by atoms with Crippen LogP contribution in [0.25, 0.3) is 20.2 Å². The lowest BCUT2D eigenvalue weighted by molar-refractivity contribution is -0.142. The maximum atomic E-state index is 14.5. The minimum Gasteiger partial charge on any atom is -0.493 e. The lowest BCUT2D eigenvalue weighted by Gasteiger charge is -2.08. The zero-order valence-corrected chi connectivity index (χ0v) is 32.4. The average molecular weight is 778 g/mol. The molecular weight excluding hydrogens is 739 g/mol. The standard InChI is InChI=1S/C16H15FO5S.C15H13FO5S.C4H11N2Si/c1-20-10-6-11-9(13(17)15(10)21-2)5-12(23-11)14(18)7-4-8(7)16(19)22-3;1-20-9-5-10-8(12(16)14(9)21-2)4-11(22-10)13(17)6-3-7(6)15(18)19;1-7(2,3)4-6-5/h5-8H,4H2,1-3H3;4-7H,3H2,1-2H3,(H,18,19);4-5H,1-3H3/q;;+1. The molecule has 2 saturated carbocycles. The van der Waals surface area contributed by atoms with Crippen LogP contribution in [0.4, 0.5) is 8.78 Å². The Morgan fingerprint density at radius 3 is 1.48 bits per heavy atom. The molecule has 2 aliphatic rings. The summed E-state index contributed by atoms with van der Waals surface area (Å²) in [5, 5.41) is 9.49. The van der Waals surface area contributed by atoms with Gasteiger partial charge in [-0.05, 0) is 25.0 Å². The van der Waals surface area contributed by atoms with E-state index in [9.17, 15) is 28.0 Å². The van der Waals surface area contributed by atoms with Crippen LogP contribution in [0.5, 0.6) is 23.0 Å². The fourth-order valence-corrected chi connectivity index (χ4v) is 7.91. The van der Waals surface area contributed by atoms with Gasteiger partial charge in [-0.2, -0.15) is 0 Å². The molecular formula is C35H39F2N2O10S2Si+. The summed E-state index contributed by atoms with van der Waals surface area (Å²) in [7, 11) is 5.69. The predicted molar refractivity (Wildman–Crippen MR) is 194 cm³/mol. The lowest BCUT2D eigenvalue weighted by Crippen LogP contribution is -2.22. The van der Waals surface area contributed by atoms with E-state index in [0.717, 1.165) is 11.3 Å². The Bertz CT molecular complexity index is 2090. The number of thiophene rings is 2.